The van der Waals surface area contributed by atoms with Crippen molar-refractivity contribution in [2.24, 2.45) is 0 Å². The topological polar surface area (TPSA) is 53.3 Å². The number of cyclic esters (lactones) is 1. The number of rotatable bonds is 1. The maximum atomic E-state index is 11.5. The minimum atomic E-state index is -0.297. The van der Waals surface area contributed by atoms with Gasteiger partial charge in [0, 0.05) is 12.5 Å². The second-order valence-corrected chi connectivity index (χ2v) is 3.89. The molecule has 2 aliphatic rings. The normalized spacial score (nSPS) is 28.6. The van der Waals surface area contributed by atoms with Gasteiger partial charge in [0.25, 0.3) is 0 Å². The number of ether oxygens (including phenoxy) is 1. The molecule has 1 atom stereocenters. The third-order valence-corrected chi connectivity index (χ3v) is 3.03. The van der Waals surface area contributed by atoms with E-state index in [1.807, 2.05) is 0 Å². The Balaban J connectivity index is 2.11. The van der Waals surface area contributed by atoms with E-state index in [4.69, 9.17) is 10.00 Å². The van der Waals surface area contributed by atoms with E-state index in [0.29, 0.717) is 13.0 Å². The first-order chi connectivity index (χ1) is 6.83. The summed E-state index contributed by atoms with van der Waals surface area (Å²) in [6, 6.07) is 2.16. The lowest BCUT2D eigenvalue weighted by Gasteiger charge is -2.35. The molecule has 2 fully saturated rings. The number of carbonyl (C=O) groups excluding carboxylic acids is 1. The molecule has 1 saturated heterocycles. The Hall–Kier alpha value is -1.24. The first kappa shape index (κ1) is 9.32. The fourth-order valence-electron chi connectivity index (χ4n) is 2.31. The van der Waals surface area contributed by atoms with Crippen molar-refractivity contribution in [1.29, 1.82) is 5.26 Å². The highest BCUT2D eigenvalue weighted by Crippen LogP contribution is 2.28. The highest BCUT2D eigenvalue weighted by molar-refractivity contribution is 5.69. The molecule has 1 heterocycles. The first-order valence-electron chi connectivity index (χ1n) is 5.17. The van der Waals surface area contributed by atoms with Gasteiger partial charge < -0.3 is 4.74 Å². The predicted octanol–water partition coefficient (Wildman–Crippen LogP) is 1.66. The van der Waals surface area contributed by atoms with Crippen LogP contribution in [0.25, 0.3) is 0 Å². The van der Waals surface area contributed by atoms with Crippen LogP contribution in [0.3, 0.4) is 0 Å². The maximum Gasteiger partial charge on any atom is 0.411 e. The van der Waals surface area contributed by atoms with Crippen LogP contribution in [-0.2, 0) is 4.74 Å². The van der Waals surface area contributed by atoms with E-state index < -0.39 is 0 Å². The Morgan fingerprint density at radius 1 is 1.36 bits per heavy atom. The maximum absolute atomic E-state index is 11.5. The third-order valence-electron chi connectivity index (χ3n) is 3.03. The fraction of sp³-hybridized carbons (Fsp3) is 0.800. The molecular formula is C10H14N2O2. The van der Waals surface area contributed by atoms with Gasteiger partial charge in [-0.25, -0.2) is 4.79 Å². The van der Waals surface area contributed by atoms with Gasteiger partial charge in [-0.05, 0) is 12.8 Å². The molecule has 0 radical (unpaired) electrons. The summed E-state index contributed by atoms with van der Waals surface area (Å²) in [7, 11) is 0. The average Bonchev–Trinajstić information content (AvgIpc) is 2.70. The zero-order valence-corrected chi connectivity index (χ0v) is 8.11. The van der Waals surface area contributed by atoms with Gasteiger partial charge in [0.2, 0.25) is 0 Å². The summed E-state index contributed by atoms with van der Waals surface area (Å²) in [5.41, 5.74) is 0. The van der Waals surface area contributed by atoms with Crippen molar-refractivity contribution in [3.8, 4) is 6.07 Å². The zero-order valence-electron chi connectivity index (χ0n) is 8.11. The van der Waals surface area contributed by atoms with Crippen LogP contribution < -0.4 is 0 Å². The molecule has 0 aromatic rings. The van der Waals surface area contributed by atoms with Crippen LogP contribution in [0, 0.1) is 11.3 Å². The SMILES string of the molecule is N#CC1CCOC(=O)N1C1CCCC1. The van der Waals surface area contributed by atoms with Crippen LogP contribution in [0.1, 0.15) is 32.1 Å². The summed E-state index contributed by atoms with van der Waals surface area (Å²) in [6.07, 6.45) is 4.72. The van der Waals surface area contributed by atoms with Crippen LogP contribution in [0.15, 0.2) is 0 Å². The van der Waals surface area contributed by atoms with Crippen molar-refractivity contribution in [3.05, 3.63) is 0 Å². The Kier molecular flexibility index (Phi) is 2.58. The Labute approximate surface area is 83.4 Å². The Morgan fingerprint density at radius 3 is 2.71 bits per heavy atom. The van der Waals surface area contributed by atoms with Gasteiger partial charge in [0.15, 0.2) is 0 Å². The number of hydrogen-bond acceptors (Lipinski definition) is 3. The van der Waals surface area contributed by atoms with E-state index in [-0.39, 0.29) is 18.2 Å². The molecule has 1 saturated carbocycles. The minimum Gasteiger partial charge on any atom is -0.449 e. The molecule has 2 rings (SSSR count). The molecular weight excluding hydrogens is 180 g/mol. The summed E-state index contributed by atoms with van der Waals surface area (Å²) in [4.78, 5) is 13.2. The van der Waals surface area contributed by atoms with Crippen molar-refractivity contribution in [1.82, 2.24) is 4.90 Å². The Morgan fingerprint density at radius 2 is 2.07 bits per heavy atom. The van der Waals surface area contributed by atoms with E-state index in [2.05, 4.69) is 6.07 Å². The van der Waals surface area contributed by atoms with Crippen molar-refractivity contribution >= 4 is 6.09 Å². The van der Waals surface area contributed by atoms with E-state index in [9.17, 15) is 4.79 Å². The van der Waals surface area contributed by atoms with E-state index in [0.717, 1.165) is 25.7 Å². The van der Waals surface area contributed by atoms with Gasteiger partial charge in [-0.3, -0.25) is 4.90 Å². The lowest BCUT2D eigenvalue weighted by Crippen LogP contribution is -2.49. The molecule has 1 amide bonds. The summed E-state index contributed by atoms with van der Waals surface area (Å²) in [5.74, 6) is 0. The van der Waals surface area contributed by atoms with Crippen molar-refractivity contribution in [3.63, 3.8) is 0 Å². The van der Waals surface area contributed by atoms with Gasteiger partial charge in [-0.1, -0.05) is 12.8 Å². The molecule has 0 spiro atoms. The molecule has 1 aliphatic heterocycles. The lowest BCUT2D eigenvalue weighted by molar-refractivity contribution is 0.0396. The smallest absolute Gasteiger partial charge is 0.411 e. The van der Waals surface area contributed by atoms with Gasteiger partial charge in [-0.2, -0.15) is 5.26 Å². The molecule has 0 aromatic carbocycles. The summed E-state index contributed by atoms with van der Waals surface area (Å²) in [6.45, 7) is 0.389. The quantitative estimate of drug-likeness (QED) is 0.638. The molecule has 0 N–H and O–H groups in total. The largest absolute Gasteiger partial charge is 0.449 e. The second-order valence-electron chi connectivity index (χ2n) is 3.89. The number of nitrogens with zero attached hydrogens (tertiary/aromatic N) is 2. The number of carbonyl (C=O) groups is 1. The predicted molar refractivity (Wildman–Crippen MR) is 49.5 cm³/mol. The molecule has 1 aliphatic carbocycles. The van der Waals surface area contributed by atoms with E-state index >= 15 is 0 Å². The monoisotopic (exact) mass is 194 g/mol. The van der Waals surface area contributed by atoms with Gasteiger partial charge in [-0.15, -0.1) is 0 Å². The number of amides is 1. The molecule has 0 aromatic heterocycles. The van der Waals surface area contributed by atoms with Crippen LogP contribution in [0.2, 0.25) is 0 Å². The second kappa shape index (κ2) is 3.87. The van der Waals surface area contributed by atoms with Crippen LogP contribution in [0.5, 0.6) is 0 Å². The molecule has 0 bridgehead atoms. The fourth-order valence-corrected chi connectivity index (χ4v) is 2.31. The lowest BCUT2D eigenvalue weighted by atomic mass is 10.1. The highest BCUT2D eigenvalue weighted by atomic mass is 16.6. The average molecular weight is 194 g/mol. The van der Waals surface area contributed by atoms with E-state index in [1.54, 1.807) is 4.90 Å². The van der Waals surface area contributed by atoms with Gasteiger partial charge >= 0.3 is 6.09 Å². The summed E-state index contributed by atoms with van der Waals surface area (Å²) in [5, 5.41) is 8.94. The molecule has 4 heteroatoms. The summed E-state index contributed by atoms with van der Waals surface area (Å²) >= 11 is 0. The highest BCUT2D eigenvalue weighted by Gasteiger charge is 2.36. The zero-order chi connectivity index (χ0) is 9.97. The molecule has 76 valence electrons. The molecule has 1 unspecified atom stereocenters. The minimum absolute atomic E-state index is 0.243. The molecule has 14 heavy (non-hydrogen) atoms. The Bertz CT molecular complexity index is 266. The van der Waals surface area contributed by atoms with Gasteiger partial charge in [0.1, 0.15) is 6.04 Å². The van der Waals surface area contributed by atoms with Crippen LogP contribution in [0.4, 0.5) is 4.79 Å². The molecule has 4 nitrogen and oxygen atoms in total. The first-order valence-corrected chi connectivity index (χ1v) is 5.17. The van der Waals surface area contributed by atoms with Crippen molar-refractivity contribution in [2.75, 3.05) is 6.61 Å². The van der Waals surface area contributed by atoms with E-state index in [1.165, 1.54) is 0 Å². The summed E-state index contributed by atoms with van der Waals surface area (Å²) < 4.78 is 4.97. The third kappa shape index (κ3) is 1.54. The standard InChI is InChI=1S/C10H14N2O2/c11-7-9-5-6-14-10(13)12(9)8-3-1-2-4-8/h8-9H,1-6H2. The van der Waals surface area contributed by atoms with Gasteiger partial charge in [0.05, 0.1) is 12.7 Å². The number of nitriles is 1. The van der Waals surface area contributed by atoms with Crippen LogP contribution in [-0.4, -0.2) is 29.7 Å². The van der Waals surface area contributed by atoms with Crippen molar-refractivity contribution in [2.45, 2.75) is 44.2 Å². The van der Waals surface area contributed by atoms with Crippen LogP contribution >= 0.6 is 0 Å². The van der Waals surface area contributed by atoms with Crippen molar-refractivity contribution < 1.29 is 9.53 Å². The number of hydrogen-bond donors (Lipinski definition) is 0.